The molecule has 3 aromatic rings. The Labute approximate surface area is 238 Å². The van der Waals surface area contributed by atoms with Crippen molar-refractivity contribution in [2.24, 2.45) is 0 Å². The van der Waals surface area contributed by atoms with Gasteiger partial charge >= 0.3 is 0 Å². The normalized spacial score (nSPS) is 12.2. The Hall–Kier alpha value is -2.88. The van der Waals surface area contributed by atoms with Gasteiger partial charge in [0.1, 0.15) is 12.6 Å². The second kappa shape index (κ2) is 12.8. The molecule has 1 N–H and O–H groups in total. The molecule has 0 aromatic heterocycles. The number of amides is 2. The van der Waals surface area contributed by atoms with Crippen LogP contribution in [-0.2, 0) is 26.2 Å². The van der Waals surface area contributed by atoms with Gasteiger partial charge in [-0.15, -0.1) is 0 Å². The molecule has 3 rings (SSSR count). The lowest BCUT2D eigenvalue weighted by Gasteiger charge is -2.32. The summed E-state index contributed by atoms with van der Waals surface area (Å²) in [5, 5.41) is 3.24. The molecule has 0 fully saturated rings. The number of benzene rings is 3. The molecule has 0 aliphatic carbocycles. The van der Waals surface area contributed by atoms with Crippen LogP contribution in [-0.4, -0.2) is 43.8 Å². The van der Waals surface area contributed by atoms with Gasteiger partial charge in [0.15, 0.2) is 0 Å². The summed E-state index contributed by atoms with van der Waals surface area (Å²) in [4.78, 5) is 28.2. The van der Waals surface area contributed by atoms with Crippen molar-refractivity contribution in [1.82, 2.24) is 10.2 Å². The number of sulfonamides is 1. The highest BCUT2D eigenvalue weighted by Crippen LogP contribution is 2.26. The molecule has 1 atom stereocenters. The van der Waals surface area contributed by atoms with Crippen molar-refractivity contribution in [3.05, 3.63) is 93.4 Å². The highest BCUT2D eigenvalue weighted by Gasteiger charge is 2.32. The van der Waals surface area contributed by atoms with E-state index in [2.05, 4.69) is 21.2 Å². The van der Waals surface area contributed by atoms with E-state index >= 15 is 0 Å². The highest BCUT2D eigenvalue weighted by molar-refractivity contribution is 9.10. The lowest BCUT2D eigenvalue weighted by atomic mass is 10.1. The van der Waals surface area contributed by atoms with E-state index in [1.807, 2.05) is 51.1 Å². The fourth-order valence-corrected chi connectivity index (χ4v) is 5.84. The monoisotopic (exact) mass is 619 g/mol. The third-order valence-corrected chi connectivity index (χ3v) is 8.34. The van der Waals surface area contributed by atoms with Crippen LogP contribution in [0.5, 0.6) is 0 Å². The van der Waals surface area contributed by atoms with Crippen LogP contribution in [0.25, 0.3) is 0 Å². The molecule has 7 nitrogen and oxygen atoms in total. The van der Waals surface area contributed by atoms with Gasteiger partial charge in [-0.1, -0.05) is 51.8 Å². The molecule has 10 heteroatoms. The summed E-state index contributed by atoms with van der Waals surface area (Å²) in [6.45, 7) is 6.77. The molecule has 0 bridgehead atoms. The molecular weight excluding hydrogens is 590 g/mol. The summed E-state index contributed by atoms with van der Waals surface area (Å²) < 4.78 is 29.5. The maximum atomic E-state index is 13.9. The lowest BCUT2D eigenvalue weighted by Crippen LogP contribution is -2.52. The van der Waals surface area contributed by atoms with E-state index in [1.165, 1.54) is 29.2 Å². The van der Waals surface area contributed by atoms with E-state index in [9.17, 15) is 18.0 Å². The number of carbonyl (C=O) groups excluding carboxylic acids is 2. The second-order valence-corrected chi connectivity index (χ2v) is 12.5. The number of carbonyl (C=O) groups is 2. The second-order valence-electron chi connectivity index (χ2n) is 9.30. The minimum Gasteiger partial charge on any atom is -0.352 e. The van der Waals surface area contributed by atoms with Crippen LogP contribution in [0, 0.1) is 6.92 Å². The minimum absolute atomic E-state index is 0.000320. The molecule has 0 aliphatic heterocycles. The SMILES string of the molecule is Cc1cccc(N(CC(=O)N(Cc2cccc(Br)c2)[C@H](C)C(=O)NC(C)C)S(=O)(=O)c2ccc(Cl)cc2)c1. The van der Waals surface area contributed by atoms with E-state index in [4.69, 9.17) is 11.6 Å². The molecule has 0 spiro atoms. The molecule has 0 unspecified atom stereocenters. The Balaban J connectivity index is 2.03. The van der Waals surface area contributed by atoms with Crippen LogP contribution in [0.2, 0.25) is 5.02 Å². The largest absolute Gasteiger partial charge is 0.352 e. The van der Waals surface area contributed by atoms with E-state index in [-0.39, 0.29) is 23.4 Å². The van der Waals surface area contributed by atoms with E-state index < -0.39 is 28.5 Å². The molecule has 0 saturated carbocycles. The highest BCUT2D eigenvalue weighted by atomic mass is 79.9. The van der Waals surface area contributed by atoms with Crippen LogP contribution in [0.15, 0.2) is 82.2 Å². The van der Waals surface area contributed by atoms with Crippen LogP contribution < -0.4 is 9.62 Å². The van der Waals surface area contributed by atoms with Gasteiger partial charge in [0.25, 0.3) is 10.0 Å². The van der Waals surface area contributed by atoms with Gasteiger partial charge in [0, 0.05) is 22.1 Å². The van der Waals surface area contributed by atoms with Gasteiger partial charge in [-0.2, -0.15) is 0 Å². The van der Waals surface area contributed by atoms with Crippen LogP contribution in [0.4, 0.5) is 5.69 Å². The minimum atomic E-state index is -4.14. The zero-order valence-electron chi connectivity index (χ0n) is 21.7. The summed E-state index contributed by atoms with van der Waals surface area (Å²) in [6, 6.07) is 19.1. The van der Waals surface area contributed by atoms with Crippen molar-refractivity contribution < 1.29 is 18.0 Å². The quantitative estimate of drug-likeness (QED) is 0.322. The van der Waals surface area contributed by atoms with Crippen molar-refractivity contribution in [2.45, 2.75) is 51.2 Å². The van der Waals surface area contributed by atoms with Gasteiger partial charge in [0.2, 0.25) is 11.8 Å². The van der Waals surface area contributed by atoms with E-state index in [0.717, 1.165) is 19.9 Å². The first-order chi connectivity index (χ1) is 17.9. The summed E-state index contributed by atoms with van der Waals surface area (Å²) in [6.07, 6.45) is 0. The number of aryl methyl sites for hydroxylation is 1. The molecular formula is C28H31BrClN3O4S. The zero-order valence-corrected chi connectivity index (χ0v) is 24.8. The van der Waals surface area contributed by atoms with Gasteiger partial charge in [-0.25, -0.2) is 8.42 Å². The van der Waals surface area contributed by atoms with Crippen LogP contribution in [0.1, 0.15) is 31.9 Å². The van der Waals surface area contributed by atoms with Crippen molar-refractivity contribution >= 4 is 55.1 Å². The first-order valence-electron chi connectivity index (χ1n) is 12.1. The van der Waals surface area contributed by atoms with E-state index in [0.29, 0.717) is 10.7 Å². The summed E-state index contributed by atoms with van der Waals surface area (Å²) in [5.74, 6) is -0.846. The number of halogens is 2. The average molecular weight is 621 g/mol. The number of anilines is 1. The standard InChI is InChI=1S/C28H31BrClN3O4S/c1-19(2)31-28(35)21(4)32(17-22-8-6-9-23(29)16-22)27(34)18-33(25-10-5-7-20(3)15-25)38(36,37)26-13-11-24(30)12-14-26/h5-16,19,21H,17-18H2,1-4H3,(H,31,35)/t21-/m1/s1. The number of nitrogens with zero attached hydrogens (tertiary/aromatic N) is 2. The Morgan fingerprint density at radius 2 is 1.63 bits per heavy atom. The average Bonchev–Trinajstić information content (AvgIpc) is 2.85. The van der Waals surface area contributed by atoms with Crippen LogP contribution >= 0.6 is 27.5 Å². The van der Waals surface area contributed by atoms with Gasteiger partial charge in [-0.3, -0.25) is 13.9 Å². The topological polar surface area (TPSA) is 86.8 Å². The fraction of sp³-hybridized carbons (Fsp3) is 0.286. The molecule has 202 valence electrons. The zero-order chi connectivity index (χ0) is 28.0. The van der Waals surface area contributed by atoms with Crippen molar-refractivity contribution in [3.8, 4) is 0 Å². The Morgan fingerprint density at radius 1 is 0.974 bits per heavy atom. The lowest BCUT2D eigenvalue weighted by molar-refractivity contribution is -0.139. The molecule has 0 saturated heterocycles. The Kier molecular flexibility index (Phi) is 9.98. The van der Waals surface area contributed by atoms with Gasteiger partial charge in [-0.05, 0) is 87.4 Å². The van der Waals surface area contributed by atoms with Crippen molar-refractivity contribution in [2.75, 3.05) is 10.8 Å². The first kappa shape index (κ1) is 29.7. The van der Waals surface area contributed by atoms with Crippen molar-refractivity contribution in [3.63, 3.8) is 0 Å². The maximum Gasteiger partial charge on any atom is 0.264 e. The predicted octanol–water partition coefficient (Wildman–Crippen LogP) is 5.55. The predicted molar refractivity (Wildman–Crippen MR) is 155 cm³/mol. The summed E-state index contributed by atoms with van der Waals surface area (Å²) in [5.41, 5.74) is 1.97. The van der Waals surface area contributed by atoms with E-state index in [1.54, 1.807) is 25.1 Å². The third-order valence-electron chi connectivity index (χ3n) is 5.81. The van der Waals surface area contributed by atoms with Crippen LogP contribution in [0.3, 0.4) is 0 Å². The van der Waals surface area contributed by atoms with Crippen molar-refractivity contribution in [1.29, 1.82) is 0 Å². The molecule has 0 aliphatic rings. The van der Waals surface area contributed by atoms with Gasteiger partial charge in [0.05, 0.1) is 10.6 Å². The Morgan fingerprint density at radius 3 is 2.24 bits per heavy atom. The maximum absolute atomic E-state index is 13.9. The smallest absolute Gasteiger partial charge is 0.264 e. The molecule has 3 aromatic carbocycles. The number of hydrogen-bond donors (Lipinski definition) is 1. The first-order valence-corrected chi connectivity index (χ1v) is 14.7. The summed E-state index contributed by atoms with van der Waals surface area (Å²) in [7, 11) is -4.14. The number of hydrogen-bond acceptors (Lipinski definition) is 4. The fourth-order valence-electron chi connectivity index (χ4n) is 3.87. The molecule has 0 heterocycles. The van der Waals surface area contributed by atoms with Gasteiger partial charge < -0.3 is 10.2 Å². The third kappa shape index (κ3) is 7.58. The molecule has 0 radical (unpaired) electrons. The number of nitrogens with one attached hydrogen (secondary N) is 1. The number of rotatable bonds is 10. The Bertz CT molecular complexity index is 1400. The molecule has 38 heavy (non-hydrogen) atoms. The summed E-state index contributed by atoms with van der Waals surface area (Å²) >= 11 is 9.43. The molecule has 2 amide bonds.